The first kappa shape index (κ1) is 14.0. The Balaban J connectivity index is 1.86. The highest BCUT2D eigenvalue weighted by molar-refractivity contribution is 7.99. The van der Waals surface area contributed by atoms with Crippen LogP contribution in [0.5, 0.6) is 0 Å². The summed E-state index contributed by atoms with van der Waals surface area (Å²) < 4.78 is 1.82. The lowest BCUT2D eigenvalue weighted by atomic mass is 10.5. The van der Waals surface area contributed by atoms with Crippen LogP contribution in [0.25, 0.3) is 0 Å². The van der Waals surface area contributed by atoms with E-state index in [2.05, 4.69) is 30.5 Å². The van der Waals surface area contributed by atoms with Crippen LogP contribution in [-0.4, -0.2) is 48.2 Å². The van der Waals surface area contributed by atoms with Gasteiger partial charge in [0, 0.05) is 13.1 Å². The summed E-state index contributed by atoms with van der Waals surface area (Å²) in [4.78, 5) is 14.8. The van der Waals surface area contributed by atoms with Crippen molar-refractivity contribution in [3.63, 3.8) is 0 Å². The molecule has 112 valence electrons. The zero-order chi connectivity index (χ0) is 14.8. The predicted molar refractivity (Wildman–Crippen MR) is 78.0 cm³/mol. The van der Waals surface area contributed by atoms with Crippen LogP contribution in [0.4, 0.5) is 11.9 Å². The number of rotatable bonds is 6. The Labute approximate surface area is 126 Å². The van der Waals surface area contributed by atoms with Crippen molar-refractivity contribution in [2.45, 2.75) is 43.0 Å². The van der Waals surface area contributed by atoms with Gasteiger partial charge in [-0.15, -0.1) is 5.10 Å². The van der Waals surface area contributed by atoms with E-state index in [9.17, 15) is 0 Å². The number of nitrogen functional groups attached to an aromatic ring is 1. The lowest BCUT2D eigenvalue weighted by Gasteiger charge is -2.18. The smallest absolute Gasteiger partial charge is 0.231 e. The fourth-order valence-corrected chi connectivity index (χ4v) is 2.72. The molecule has 1 aliphatic rings. The van der Waals surface area contributed by atoms with E-state index in [0.29, 0.717) is 22.3 Å². The molecule has 9 nitrogen and oxygen atoms in total. The molecule has 2 aromatic rings. The van der Waals surface area contributed by atoms with Crippen molar-refractivity contribution in [2.24, 2.45) is 0 Å². The van der Waals surface area contributed by atoms with Gasteiger partial charge in [-0.05, 0) is 48.9 Å². The Bertz CT molecular complexity index is 620. The summed E-state index contributed by atoms with van der Waals surface area (Å²) in [5.41, 5.74) is 5.79. The van der Waals surface area contributed by atoms with Crippen LogP contribution in [0.15, 0.2) is 10.3 Å². The maximum absolute atomic E-state index is 5.79. The van der Waals surface area contributed by atoms with E-state index in [0.717, 1.165) is 25.9 Å². The molecule has 0 saturated heterocycles. The number of nitrogens with zero attached hydrogens (tertiary/aromatic N) is 8. The lowest BCUT2D eigenvalue weighted by Crippen LogP contribution is -2.25. The molecular formula is C11H17N9S. The number of anilines is 2. The van der Waals surface area contributed by atoms with Crippen LogP contribution in [0.3, 0.4) is 0 Å². The maximum Gasteiger partial charge on any atom is 0.231 e. The molecule has 10 heteroatoms. The molecular weight excluding hydrogens is 290 g/mol. The van der Waals surface area contributed by atoms with Crippen molar-refractivity contribution < 1.29 is 0 Å². The summed E-state index contributed by atoms with van der Waals surface area (Å²) in [7, 11) is 0. The molecule has 0 unspecified atom stereocenters. The van der Waals surface area contributed by atoms with Crippen molar-refractivity contribution in [2.75, 3.05) is 23.7 Å². The van der Waals surface area contributed by atoms with Gasteiger partial charge in [0.15, 0.2) is 0 Å². The first-order valence-electron chi connectivity index (χ1n) is 6.93. The van der Waals surface area contributed by atoms with Gasteiger partial charge in [0.2, 0.25) is 22.2 Å². The van der Waals surface area contributed by atoms with Gasteiger partial charge in [0.1, 0.15) is 0 Å². The van der Waals surface area contributed by atoms with Crippen LogP contribution in [-0.2, 0) is 0 Å². The van der Waals surface area contributed by atoms with Crippen molar-refractivity contribution in [1.29, 1.82) is 0 Å². The molecule has 21 heavy (non-hydrogen) atoms. The van der Waals surface area contributed by atoms with Gasteiger partial charge in [0.25, 0.3) is 0 Å². The second-order valence-corrected chi connectivity index (χ2v) is 5.62. The van der Waals surface area contributed by atoms with E-state index in [4.69, 9.17) is 5.73 Å². The zero-order valence-corrected chi connectivity index (χ0v) is 12.8. The summed E-state index contributed by atoms with van der Waals surface area (Å²) in [5, 5.41) is 13.0. The average molecular weight is 307 g/mol. The third kappa shape index (κ3) is 3.04. The van der Waals surface area contributed by atoms with Gasteiger partial charge in [-0.1, -0.05) is 0 Å². The topological polar surface area (TPSA) is 112 Å². The number of hydrogen-bond acceptors (Lipinski definition) is 9. The fourth-order valence-electron chi connectivity index (χ4n) is 1.94. The summed E-state index contributed by atoms with van der Waals surface area (Å²) in [6.07, 6.45) is 2.23. The monoisotopic (exact) mass is 307 g/mol. The molecule has 0 bridgehead atoms. The van der Waals surface area contributed by atoms with Crippen molar-refractivity contribution in [1.82, 2.24) is 35.2 Å². The normalized spacial score (nSPS) is 14.4. The van der Waals surface area contributed by atoms with Crippen LogP contribution in [0.1, 0.15) is 32.7 Å². The van der Waals surface area contributed by atoms with E-state index in [1.54, 1.807) is 0 Å². The first-order chi connectivity index (χ1) is 10.2. The Kier molecular flexibility index (Phi) is 3.86. The highest BCUT2D eigenvalue weighted by Gasteiger charge is 2.28. The van der Waals surface area contributed by atoms with Crippen LogP contribution < -0.4 is 10.6 Å². The lowest BCUT2D eigenvalue weighted by molar-refractivity contribution is 0.565. The molecule has 0 aromatic carbocycles. The second-order valence-electron chi connectivity index (χ2n) is 4.69. The molecule has 1 aliphatic carbocycles. The van der Waals surface area contributed by atoms with E-state index in [1.165, 1.54) is 11.8 Å². The van der Waals surface area contributed by atoms with Gasteiger partial charge < -0.3 is 10.6 Å². The zero-order valence-electron chi connectivity index (χ0n) is 12.0. The highest BCUT2D eigenvalue weighted by atomic mass is 32.2. The molecule has 0 spiro atoms. The third-order valence-corrected chi connectivity index (χ3v) is 4.02. The SMILES string of the molecule is CCN(CC)c1nc(N)nc(Sc2nnnn2C2CC2)n1. The van der Waals surface area contributed by atoms with Gasteiger partial charge in [-0.3, -0.25) is 0 Å². The molecule has 3 rings (SSSR count). The molecule has 2 N–H and O–H groups in total. The van der Waals surface area contributed by atoms with Crippen LogP contribution in [0, 0.1) is 0 Å². The second kappa shape index (κ2) is 5.80. The van der Waals surface area contributed by atoms with E-state index >= 15 is 0 Å². The van der Waals surface area contributed by atoms with Crippen molar-refractivity contribution in [3.8, 4) is 0 Å². The van der Waals surface area contributed by atoms with E-state index < -0.39 is 0 Å². The minimum atomic E-state index is 0.208. The first-order valence-corrected chi connectivity index (χ1v) is 7.75. The number of hydrogen-bond donors (Lipinski definition) is 1. The predicted octanol–water partition coefficient (Wildman–Crippen LogP) is 0.773. The Morgan fingerprint density at radius 2 is 2.00 bits per heavy atom. The molecule has 0 atom stereocenters. The average Bonchev–Trinajstić information content (AvgIpc) is 3.20. The fraction of sp³-hybridized carbons (Fsp3) is 0.636. The molecule has 0 radical (unpaired) electrons. The summed E-state index contributed by atoms with van der Waals surface area (Å²) in [6, 6.07) is 0.406. The van der Waals surface area contributed by atoms with Gasteiger partial charge in [-0.25, -0.2) is 4.68 Å². The molecule has 1 fully saturated rings. The van der Waals surface area contributed by atoms with Crippen LogP contribution in [0.2, 0.25) is 0 Å². The summed E-state index contributed by atoms with van der Waals surface area (Å²) in [5.74, 6) is 0.792. The minimum absolute atomic E-state index is 0.208. The minimum Gasteiger partial charge on any atom is -0.368 e. The highest BCUT2D eigenvalue weighted by Crippen LogP contribution is 2.37. The number of tetrazole rings is 1. The van der Waals surface area contributed by atoms with Crippen molar-refractivity contribution >= 4 is 23.7 Å². The van der Waals surface area contributed by atoms with Crippen molar-refractivity contribution in [3.05, 3.63) is 0 Å². The van der Waals surface area contributed by atoms with Crippen LogP contribution >= 0.6 is 11.8 Å². The summed E-state index contributed by atoms with van der Waals surface area (Å²) >= 11 is 1.31. The number of aromatic nitrogens is 7. The van der Waals surface area contributed by atoms with E-state index in [-0.39, 0.29) is 5.95 Å². The quantitative estimate of drug-likeness (QED) is 0.826. The Morgan fingerprint density at radius 3 is 2.67 bits per heavy atom. The molecule has 1 saturated carbocycles. The van der Waals surface area contributed by atoms with E-state index in [1.807, 2.05) is 23.4 Å². The third-order valence-electron chi connectivity index (χ3n) is 3.20. The number of nitrogens with two attached hydrogens (primary N) is 1. The Morgan fingerprint density at radius 1 is 1.24 bits per heavy atom. The molecule has 2 aromatic heterocycles. The standard InChI is InChI=1S/C11H17N9S/c1-3-19(4-2)9-13-8(12)14-10(15-9)21-11-16-17-18-20(11)7-5-6-7/h7H,3-6H2,1-2H3,(H2,12,13,14,15). The largest absolute Gasteiger partial charge is 0.368 e. The van der Waals surface area contributed by atoms with Gasteiger partial charge >= 0.3 is 0 Å². The molecule has 0 amide bonds. The maximum atomic E-state index is 5.79. The molecule has 0 aliphatic heterocycles. The molecule has 2 heterocycles. The van der Waals surface area contributed by atoms with Gasteiger partial charge in [-0.2, -0.15) is 15.0 Å². The van der Waals surface area contributed by atoms with Gasteiger partial charge in [0.05, 0.1) is 6.04 Å². The summed E-state index contributed by atoms with van der Waals surface area (Å²) in [6.45, 7) is 5.71. The Hall–Kier alpha value is -1.97.